The van der Waals surface area contributed by atoms with Crippen molar-refractivity contribution >= 4 is 34.1 Å². The van der Waals surface area contributed by atoms with E-state index in [1.54, 1.807) is 18.4 Å². The van der Waals surface area contributed by atoms with Crippen molar-refractivity contribution in [3.63, 3.8) is 0 Å². The van der Waals surface area contributed by atoms with Crippen molar-refractivity contribution in [3.8, 4) is 0 Å². The molecule has 0 atom stereocenters. The van der Waals surface area contributed by atoms with E-state index in [1.807, 2.05) is 40.7 Å². The van der Waals surface area contributed by atoms with Crippen LogP contribution in [0.1, 0.15) is 24.4 Å². The van der Waals surface area contributed by atoms with Gasteiger partial charge in [-0.3, -0.25) is 9.59 Å². The molecule has 3 aromatic rings. The molecule has 6 nitrogen and oxygen atoms in total. The average molecular weight is 398 g/mol. The van der Waals surface area contributed by atoms with E-state index in [1.165, 1.54) is 0 Å². The first-order valence-corrected chi connectivity index (χ1v) is 9.59. The van der Waals surface area contributed by atoms with Crippen molar-refractivity contribution in [2.75, 3.05) is 13.1 Å². The predicted octanol–water partition coefficient (Wildman–Crippen LogP) is 3.66. The fourth-order valence-electron chi connectivity index (χ4n) is 3.60. The minimum absolute atomic E-state index is 0.109. The Morgan fingerprint density at radius 3 is 2.89 bits per heavy atom. The van der Waals surface area contributed by atoms with Gasteiger partial charge in [-0.05, 0) is 43.3 Å². The fraction of sp³-hybridized carbons (Fsp3) is 0.286. The van der Waals surface area contributed by atoms with Crippen LogP contribution in [0.25, 0.3) is 16.6 Å². The summed E-state index contributed by atoms with van der Waals surface area (Å²) < 4.78 is 7.27. The van der Waals surface area contributed by atoms with Crippen LogP contribution in [-0.2, 0) is 11.2 Å². The van der Waals surface area contributed by atoms with Gasteiger partial charge in [0, 0.05) is 43.1 Å². The second-order valence-electron chi connectivity index (χ2n) is 6.83. The monoisotopic (exact) mass is 397 g/mol. The van der Waals surface area contributed by atoms with E-state index in [0.29, 0.717) is 48.6 Å². The van der Waals surface area contributed by atoms with Crippen LogP contribution in [0, 0.1) is 6.92 Å². The smallest absolute Gasteiger partial charge is 0.280 e. The largest absolute Gasteiger partial charge is 0.469 e. The Morgan fingerprint density at radius 2 is 2.18 bits per heavy atom. The standard InChI is InChI=1S/C21H20ClN3O3/c1-14-23-21(27)18-13-15(22)4-6-19(18)25(14)16-8-10-24(11-9-16)20(26)7-5-17-3-2-12-28-17/h2-4,6,8,12-13H,5,7,9-11H2,1H3. The molecule has 0 unspecified atom stereocenters. The molecular weight excluding hydrogens is 378 g/mol. The lowest BCUT2D eigenvalue weighted by Crippen LogP contribution is -2.35. The van der Waals surface area contributed by atoms with Crippen LogP contribution in [0.2, 0.25) is 5.02 Å². The molecule has 28 heavy (non-hydrogen) atoms. The van der Waals surface area contributed by atoms with Crippen molar-refractivity contribution in [2.24, 2.45) is 0 Å². The highest BCUT2D eigenvalue weighted by Gasteiger charge is 2.20. The van der Waals surface area contributed by atoms with Gasteiger partial charge in [-0.15, -0.1) is 0 Å². The van der Waals surface area contributed by atoms with Crippen LogP contribution in [0.5, 0.6) is 0 Å². The van der Waals surface area contributed by atoms with Crippen molar-refractivity contribution < 1.29 is 9.21 Å². The molecule has 0 fully saturated rings. The normalized spacial score (nSPS) is 14.4. The number of amides is 1. The number of fused-ring (bicyclic) bond motifs is 1. The Labute approximate surface area is 167 Å². The summed E-state index contributed by atoms with van der Waals surface area (Å²) in [5.41, 5.74) is 1.54. The zero-order chi connectivity index (χ0) is 19.7. The molecule has 0 radical (unpaired) electrons. The summed E-state index contributed by atoms with van der Waals surface area (Å²) in [7, 11) is 0. The Hall–Kier alpha value is -2.86. The first kappa shape index (κ1) is 18.5. The van der Waals surface area contributed by atoms with Gasteiger partial charge in [0.05, 0.1) is 17.2 Å². The number of carbonyl (C=O) groups is 1. The molecule has 0 aliphatic carbocycles. The third-order valence-corrected chi connectivity index (χ3v) is 5.24. The average Bonchev–Trinajstić information content (AvgIpc) is 3.21. The number of hydrogen-bond acceptors (Lipinski definition) is 4. The minimum Gasteiger partial charge on any atom is -0.469 e. The Balaban J connectivity index is 1.55. The molecule has 1 aliphatic heterocycles. The number of furan rings is 1. The summed E-state index contributed by atoms with van der Waals surface area (Å²) >= 11 is 6.05. The number of carbonyl (C=O) groups excluding carboxylic acids is 1. The third kappa shape index (κ3) is 3.60. The molecule has 1 amide bonds. The molecule has 144 valence electrons. The number of halogens is 1. The van der Waals surface area contributed by atoms with E-state index in [4.69, 9.17) is 16.0 Å². The maximum Gasteiger partial charge on any atom is 0.280 e. The summed E-state index contributed by atoms with van der Waals surface area (Å²) in [6.45, 7) is 2.98. The maximum atomic E-state index is 12.5. The number of rotatable bonds is 4. The molecule has 7 heteroatoms. The first-order valence-electron chi connectivity index (χ1n) is 9.21. The molecule has 4 rings (SSSR count). The molecule has 0 bridgehead atoms. The van der Waals surface area contributed by atoms with Gasteiger partial charge < -0.3 is 13.9 Å². The highest BCUT2D eigenvalue weighted by molar-refractivity contribution is 6.31. The summed E-state index contributed by atoms with van der Waals surface area (Å²) in [5, 5.41) is 1.00. The number of nitrogens with zero attached hydrogens (tertiary/aromatic N) is 3. The van der Waals surface area contributed by atoms with Gasteiger partial charge in [-0.25, -0.2) is 0 Å². The zero-order valence-corrected chi connectivity index (χ0v) is 16.3. The molecule has 0 spiro atoms. The molecule has 0 N–H and O–H groups in total. The van der Waals surface area contributed by atoms with Crippen molar-refractivity contribution in [1.82, 2.24) is 14.5 Å². The van der Waals surface area contributed by atoms with Gasteiger partial charge >= 0.3 is 0 Å². The second kappa shape index (κ2) is 7.64. The predicted molar refractivity (Wildman–Crippen MR) is 108 cm³/mol. The van der Waals surface area contributed by atoms with E-state index in [9.17, 15) is 9.59 Å². The number of aryl methyl sites for hydroxylation is 2. The molecule has 0 saturated heterocycles. The van der Waals surface area contributed by atoms with Gasteiger partial charge in [-0.1, -0.05) is 11.6 Å². The van der Waals surface area contributed by atoms with Gasteiger partial charge in [0.1, 0.15) is 11.6 Å². The van der Waals surface area contributed by atoms with Crippen LogP contribution < -0.4 is 5.56 Å². The summed E-state index contributed by atoms with van der Waals surface area (Å²) in [6, 6.07) is 8.97. The Bertz CT molecular complexity index is 1120. The van der Waals surface area contributed by atoms with Crippen molar-refractivity contribution in [1.29, 1.82) is 0 Å². The first-order chi connectivity index (χ1) is 13.5. The lowest BCUT2D eigenvalue weighted by Gasteiger charge is -2.28. The van der Waals surface area contributed by atoms with E-state index < -0.39 is 0 Å². The number of aromatic nitrogens is 2. The van der Waals surface area contributed by atoms with Crippen LogP contribution in [0.4, 0.5) is 0 Å². The molecule has 1 aliphatic rings. The molecule has 1 aromatic carbocycles. The van der Waals surface area contributed by atoms with Gasteiger partial charge in [-0.2, -0.15) is 4.98 Å². The van der Waals surface area contributed by atoms with Gasteiger partial charge in [0.15, 0.2) is 0 Å². The summed E-state index contributed by atoms with van der Waals surface area (Å²) in [6.07, 6.45) is 5.37. The lowest BCUT2D eigenvalue weighted by molar-refractivity contribution is -0.130. The molecular formula is C21H20ClN3O3. The summed E-state index contributed by atoms with van der Waals surface area (Å²) in [5.74, 6) is 1.56. The lowest BCUT2D eigenvalue weighted by atomic mass is 10.1. The van der Waals surface area contributed by atoms with Crippen LogP contribution in [-0.4, -0.2) is 33.4 Å². The van der Waals surface area contributed by atoms with E-state index >= 15 is 0 Å². The fourth-order valence-corrected chi connectivity index (χ4v) is 3.77. The molecule has 2 aromatic heterocycles. The van der Waals surface area contributed by atoms with E-state index in [0.717, 1.165) is 17.0 Å². The van der Waals surface area contributed by atoms with Crippen molar-refractivity contribution in [2.45, 2.75) is 26.2 Å². The van der Waals surface area contributed by atoms with Gasteiger partial charge in [0.25, 0.3) is 5.56 Å². The highest BCUT2D eigenvalue weighted by Crippen LogP contribution is 2.24. The molecule has 3 heterocycles. The second-order valence-corrected chi connectivity index (χ2v) is 7.26. The van der Waals surface area contributed by atoms with E-state index in [-0.39, 0.29) is 11.5 Å². The van der Waals surface area contributed by atoms with E-state index in [2.05, 4.69) is 4.98 Å². The SMILES string of the molecule is Cc1nc(=O)c2cc(Cl)ccc2n1C1=CCN(C(=O)CCc2ccco2)CC1. The third-order valence-electron chi connectivity index (χ3n) is 5.01. The zero-order valence-electron chi connectivity index (χ0n) is 15.5. The number of benzene rings is 1. The summed E-state index contributed by atoms with van der Waals surface area (Å²) in [4.78, 5) is 30.7. The van der Waals surface area contributed by atoms with Crippen LogP contribution in [0.15, 0.2) is 51.9 Å². The minimum atomic E-state index is -0.280. The Kier molecular flexibility index (Phi) is 5.05. The quantitative estimate of drug-likeness (QED) is 0.673. The van der Waals surface area contributed by atoms with Gasteiger partial charge in [0.2, 0.25) is 5.91 Å². The highest BCUT2D eigenvalue weighted by atomic mass is 35.5. The number of hydrogen-bond donors (Lipinski definition) is 0. The van der Waals surface area contributed by atoms with Crippen LogP contribution >= 0.6 is 11.6 Å². The molecule has 0 saturated carbocycles. The maximum absolute atomic E-state index is 12.5. The van der Waals surface area contributed by atoms with Crippen molar-refractivity contribution in [3.05, 3.63) is 69.6 Å². The topological polar surface area (TPSA) is 68.3 Å². The Morgan fingerprint density at radius 1 is 1.32 bits per heavy atom. The van der Waals surface area contributed by atoms with Crippen LogP contribution in [0.3, 0.4) is 0 Å².